The molecule has 3 heteroatoms. The average molecular weight is 159 g/mol. The van der Waals surface area contributed by atoms with Crippen molar-refractivity contribution in [2.75, 3.05) is 14.1 Å². The first-order valence-electron chi connectivity index (χ1n) is 3.65. The van der Waals surface area contributed by atoms with Crippen LogP contribution in [0.25, 0.3) is 0 Å². The van der Waals surface area contributed by atoms with Gasteiger partial charge in [0.1, 0.15) is 5.78 Å². The van der Waals surface area contributed by atoms with Crippen molar-refractivity contribution in [3.05, 3.63) is 0 Å². The van der Waals surface area contributed by atoms with E-state index in [4.69, 9.17) is 0 Å². The number of ketones is 1. The van der Waals surface area contributed by atoms with Gasteiger partial charge in [-0.2, -0.15) is 0 Å². The summed E-state index contributed by atoms with van der Waals surface area (Å²) in [7, 11) is 3.38. The fraction of sp³-hybridized carbons (Fsp3) is 0.750. The lowest BCUT2D eigenvalue weighted by Gasteiger charge is -1.93. The van der Waals surface area contributed by atoms with Crippen LogP contribution in [0.1, 0.15) is 26.7 Å². The molecule has 66 valence electrons. The van der Waals surface area contributed by atoms with Gasteiger partial charge in [0.25, 0.3) is 0 Å². The smallest absolute Gasteiger partial charge is 0.209 e. The minimum atomic E-state index is 0.289. The van der Waals surface area contributed by atoms with Gasteiger partial charge in [-0.1, -0.05) is 6.92 Å². The predicted molar refractivity (Wildman–Crippen MR) is 45.3 cm³/mol. The number of carbonyl (C=O) groups is 2. The molecule has 0 aliphatic heterocycles. The summed E-state index contributed by atoms with van der Waals surface area (Å²) >= 11 is 0. The van der Waals surface area contributed by atoms with E-state index in [2.05, 4.69) is 0 Å². The summed E-state index contributed by atoms with van der Waals surface area (Å²) in [6.07, 6.45) is 2.47. The Bertz CT molecular complexity index is 111. The maximum atomic E-state index is 10.0. The molecule has 0 spiro atoms. The van der Waals surface area contributed by atoms with E-state index in [0.717, 1.165) is 19.3 Å². The Hall–Kier alpha value is -0.860. The van der Waals surface area contributed by atoms with Crippen LogP contribution < -0.4 is 0 Å². The number of Topliss-reactive ketones (excluding diaryl/α,β-unsaturated/α-hetero) is 1. The van der Waals surface area contributed by atoms with Crippen LogP contribution in [0.15, 0.2) is 0 Å². The van der Waals surface area contributed by atoms with E-state index in [1.807, 2.05) is 6.92 Å². The first-order chi connectivity index (χ1) is 5.04. The van der Waals surface area contributed by atoms with Crippen LogP contribution >= 0.6 is 0 Å². The van der Waals surface area contributed by atoms with Crippen LogP contribution in [0.3, 0.4) is 0 Å². The molecule has 0 aliphatic carbocycles. The highest BCUT2D eigenvalue weighted by atomic mass is 16.1. The number of hydrogen-bond donors (Lipinski definition) is 0. The van der Waals surface area contributed by atoms with Crippen molar-refractivity contribution in [3.63, 3.8) is 0 Å². The zero-order valence-electron chi connectivity index (χ0n) is 7.76. The molecule has 0 saturated carbocycles. The van der Waals surface area contributed by atoms with Crippen molar-refractivity contribution in [2.24, 2.45) is 0 Å². The third kappa shape index (κ3) is 27.2. The summed E-state index contributed by atoms with van der Waals surface area (Å²) in [4.78, 5) is 20.9. The summed E-state index contributed by atoms with van der Waals surface area (Å²) in [5.74, 6) is 0.289. The molecule has 0 aromatic carbocycles. The Kier molecular flexibility index (Phi) is 10.6. The molecule has 1 amide bonds. The Morgan fingerprint density at radius 2 is 1.82 bits per heavy atom. The third-order valence-corrected chi connectivity index (χ3v) is 0.813. The van der Waals surface area contributed by atoms with Crippen LogP contribution in [0.4, 0.5) is 0 Å². The van der Waals surface area contributed by atoms with E-state index in [-0.39, 0.29) is 5.78 Å². The van der Waals surface area contributed by atoms with Crippen LogP contribution in [0, 0.1) is 0 Å². The summed E-state index contributed by atoms with van der Waals surface area (Å²) < 4.78 is 0. The molecule has 0 saturated heterocycles. The lowest BCUT2D eigenvalue weighted by atomic mass is 10.3. The molecule has 0 atom stereocenters. The summed E-state index contributed by atoms with van der Waals surface area (Å²) in [5.41, 5.74) is 0. The highest BCUT2D eigenvalue weighted by Crippen LogP contribution is 1.84. The minimum Gasteiger partial charge on any atom is -0.351 e. The van der Waals surface area contributed by atoms with Gasteiger partial charge < -0.3 is 9.69 Å². The Balaban J connectivity index is 0. The fourth-order valence-corrected chi connectivity index (χ4v) is 0.352. The highest BCUT2D eigenvalue weighted by molar-refractivity contribution is 5.75. The van der Waals surface area contributed by atoms with Gasteiger partial charge >= 0.3 is 0 Å². The lowest BCUT2D eigenvalue weighted by Crippen LogP contribution is -2.06. The van der Waals surface area contributed by atoms with Gasteiger partial charge in [-0.15, -0.1) is 0 Å². The molecule has 0 bridgehead atoms. The molecule has 0 aliphatic rings. The molecule has 0 fully saturated rings. The average Bonchev–Trinajstić information content (AvgIpc) is 1.89. The molecule has 0 heterocycles. The quantitative estimate of drug-likeness (QED) is 0.578. The standard InChI is InChI=1S/C5H10O.C3H7NO/c1-3-4-5(2)6;1-4(2)3-5/h3-4H2,1-2H3;3H,1-2H3. The normalized spacial score (nSPS) is 7.64. The van der Waals surface area contributed by atoms with Crippen LogP contribution in [0.2, 0.25) is 0 Å². The van der Waals surface area contributed by atoms with Crippen molar-refractivity contribution in [1.29, 1.82) is 0 Å². The van der Waals surface area contributed by atoms with Crippen molar-refractivity contribution in [2.45, 2.75) is 26.7 Å². The Labute approximate surface area is 68.4 Å². The molecular formula is C8H17NO2. The fourth-order valence-electron chi connectivity index (χ4n) is 0.352. The molecule has 0 unspecified atom stereocenters. The summed E-state index contributed by atoms with van der Waals surface area (Å²) in [6.45, 7) is 3.62. The summed E-state index contributed by atoms with van der Waals surface area (Å²) in [5, 5.41) is 0. The van der Waals surface area contributed by atoms with Gasteiger partial charge in [0.15, 0.2) is 0 Å². The van der Waals surface area contributed by atoms with Gasteiger partial charge in [0, 0.05) is 20.5 Å². The molecule has 0 aromatic heterocycles. The van der Waals surface area contributed by atoms with Gasteiger partial charge in [0.05, 0.1) is 0 Å². The molecule has 11 heavy (non-hydrogen) atoms. The molecule has 0 aromatic rings. The van der Waals surface area contributed by atoms with Crippen LogP contribution in [0.5, 0.6) is 0 Å². The summed E-state index contributed by atoms with van der Waals surface area (Å²) in [6, 6.07) is 0. The van der Waals surface area contributed by atoms with E-state index >= 15 is 0 Å². The van der Waals surface area contributed by atoms with Crippen molar-refractivity contribution in [3.8, 4) is 0 Å². The first-order valence-corrected chi connectivity index (χ1v) is 3.65. The van der Waals surface area contributed by atoms with Crippen LogP contribution in [-0.4, -0.2) is 31.2 Å². The maximum Gasteiger partial charge on any atom is 0.209 e. The number of amides is 1. The highest BCUT2D eigenvalue weighted by Gasteiger charge is 1.83. The second kappa shape index (κ2) is 9.14. The topological polar surface area (TPSA) is 37.4 Å². The number of hydrogen-bond acceptors (Lipinski definition) is 2. The van der Waals surface area contributed by atoms with Crippen molar-refractivity contribution >= 4 is 12.2 Å². The van der Waals surface area contributed by atoms with E-state index in [0.29, 0.717) is 0 Å². The lowest BCUT2D eigenvalue weighted by molar-refractivity contribution is -0.117. The predicted octanol–water partition coefficient (Wildman–Crippen LogP) is 1.08. The first kappa shape index (κ1) is 12.8. The second-order valence-corrected chi connectivity index (χ2v) is 2.52. The van der Waals surface area contributed by atoms with Crippen LogP contribution in [-0.2, 0) is 9.59 Å². The number of rotatable bonds is 3. The van der Waals surface area contributed by atoms with Gasteiger partial charge in [-0.25, -0.2) is 0 Å². The van der Waals surface area contributed by atoms with Gasteiger partial charge in [-0.05, 0) is 13.3 Å². The van der Waals surface area contributed by atoms with E-state index < -0.39 is 0 Å². The van der Waals surface area contributed by atoms with E-state index in [1.165, 1.54) is 4.90 Å². The third-order valence-electron chi connectivity index (χ3n) is 0.813. The molecule has 0 radical (unpaired) electrons. The second-order valence-electron chi connectivity index (χ2n) is 2.52. The van der Waals surface area contributed by atoms with E-state index in [1.54, 1.807) is 21.0 Å². The van der Waals surface area contributed by atoms with Crippen molar-refractivity contribution in [1.82, 2.24) is 4.90 Å². The largest absolute Gasteiger partial charge is 0.351 e. The zero-order valence-corrected chi connectivity index (χ0v) is 7.76. The number of carbonyl (C=O) groups excluding carboxylic acids is 2. The molecule has 3 nitrogen and oxygen atoms in total. The maximum absolute atomic E-state index is 10.0. The monoisotopic (exact) mass is 159 g/mol. The van der Waals surface area contributed by atoms with Crippen molar-refractivity contribution < 1.29 is 9.59 Å². The Morgan fingerprint density at radius 1 is 1.45 bits per heavy atom. The van der Waals surface area contributed by atoms with E-state index in [9.17, 15) is 9.59 Å². The zero-order chi connectivity index (χ0) is 9.28. The SMILES string of the molecule is CCCC(C)=O.CN(C)C=O. The molecular weight excluding hydrogens is 142 g/mol. The number of nitrogens with zero attached hydrogens (tertiary/aromatic N) is 1. The minimum absolute atomic E-state index is 0.289. The van der Waals surface area contributed by atoms with Gasteiger partial charge in [0.2, 0.25) is 6.41 Å². The molecule has 0 N–H and O–H groups in total. The Morgan fingerprint density at radius 3 is 1.82 bits per heavy atom. The molecule has 0 rings (SSSR count). The van der Waals surface area contributed by atoms with Gasteiger partial charge in [-0.3, -0.25) is 4.79 Å².